The van der Waals surface area contributed by atoms with Crippen LogP contribution in [0.3, 0.4) is 0 Å². The molecule has 1 aliphatic heterocycles. The molecule has 5 nitrogen and oxygen atoms in total. The standard InChI is InChI=1S/C18H30N4O/c1-18(2,3)21-17(19)20-13-16(22-10-5-6-11-22)14-8-7-9-15(12-14)23-4/h7-9,12,16H,5-6,10-11,13H2,1-4H3,(H3,19,20,21). The smallest absolute Gasteiger partial charge is 0.189 e. The van der Waals surface area contributed by atoms with Crippen LogP contribution in [0.1, 0.15) is 45.2 Å². The predicted octanol–water partition coefficient (Wildman–Crippen LogP) is 2.53. The third-order valence-electron chi connectivity index (χ3n) is 4.00. The fraction of sp³-hybridized carbons (Fsp3) is 0.611. The summed E-state index contributed by atoms with van der Waals surface area (Å²) in [7, 11) is 1.70. The summed E-state index contributed by atoms with van der Waals surface area (Å²) >= 11 is 0. The molecule has 0 spiro atoms. The summed E-state index contributed by atoms with van der Waals surface area (Å²) < 4.78 is 5.37. The fourth-order valence-corrected chi connectivity index (χ4v) is 2.94. The first-order chi connectivity index (χ1) is 10.9. The average molecular weight is 318 g/mol. The van der Waals surface area contributed by atoms with Crippen LogP contribution in [0.5, 0.6) is 5.75 Å². The fourth-order valence-electron chi connectivity index (χ4n) is 2.94. The van der Waals surface area contributed by atoms with E-state index in [4.69, 9.17) is 10.5 Å². The van der Waals surface area contributed by atoms with E-state index >= 15 is 0 Å². The van der Waals surface area contributed by atoms with Crippen molar-refractivity contribution in [2.45, 2.75) is 45.2 Å². The van der Waals surface area contributed by atoms with Crippen molar-refractivity contribution in [3.63, 3.8) is 0 Å². The lowest BCUT2D eigenvalue weighted by molar-refractivity contribution is 0.251. The molecule has 0 amide bonds. The van der Waals surface area contributed by atoms with Gasteiger partial charge in [0, 0.05) is 5.54 Å². The number of likely N-dealkylation sites (tertiary alicyclic amines) is 1. The number of hydrogen-bond acceptors (Lipinski definition) is 3. The first-order valence-electron chi connectivity index (χ1n) is 8.35. The number of nitrogens with zero attached hydrogens (tertiary/aromatic N) is 2. The number of nitrogens with two attached hydrogens (primary N) is 1. The first kappa shape index (κ1) is 17.6. The van der Waals surface area contributed by atoms with E-state index in [9.17, 15) is 0 Å². The van der Waals surface area contributed by atoms with Gasteiger partial charge in [0.15, 0.2) is 5.96 Å². The molecule has 5 heteroatoms. The molecular formula is C18H30N4O. The molecule has 1 heterocycles. The number of aliphatic imine (C=N–C) groups is 1. The van der Waals surface area contributed by atoms with E-state index in [0.29, 0.717) is 12.5 Å². The highest BCUT2D eigenvalue weighted by molar-refractivity contribution is 5.78. The maximum absolute atomic E-state index is 6.04. The zero-order valence-electron chi connectivity index (χ0n) is 14.8. The van der Waals surface area contributed by atoms with Gasteiger partial charge in [-0.05, 0) is 64.4 Å². The Balaban J connectivity index is 2.15. The predicted molar refractivity (Wildman–Crippen MR) is 95.9 cm³/mol. The van der Waals surface area contributed by atoms with Crippen molar-refractivity contribution in [3.05, 3.63) is 29.8 Å². The lowest BCUT2D eigenvalue weighted by atomic mass is 10.1. The van der Waals surface area contributed by atoms with E-state index in [0.717, 1.165) is 18.8 Å². The van der Waals surface area contributed by atoms with Crippen molar-refractivity contribution in [2.24, 2.45) is 10.7 Å². The Kier molecular flexibility index (Phi) is 5.88. The molecular weight excluding hydrogens is 288 g/mol. The Labute approximate surface area is 139 Å². The van der Waals surface area contributed by atoms with E-state index in [1.165, 1.54) is 18.4 Å². The van der Waals surface area contributed by atoms with Gasteiger partial charge in [-0.25, -0.2) is 0 Å². The quantitative estimate of drug-likeness (QED) is 0.647. The lowest BCUT2D eigenvalue weighted by Crippen LogP contribution is -2.45. The number of benzene rings is 1. The van der Waals surface area contributed by atoms with Gasteiger partial charge in [-0.3, -0.25) is 9.89 Å². The topological polar surface area (TPSA) is 62.9 Å². The van der Waals surface area contributed by atoms with Crippen molar-refractivity contribution in [1.82, 2.24) is 10.2 Å². The van der Waals surface area contributed by atoms with Gasteiger partial charge >= 0.3 is 0 Å². The molecule has 1 saturated heterocycles. The summed E-state index contributed by atoms with van der Waals surface area (Å²) in [5, 5.41) is 3.22. The molecule has 1 fully saturated rings. The van der Waals surface area contributed by atoms with Crippen LogP contribution in [0.2, 0.25) is 0 Å². The summed E-state index contributed by atoms with van der Waals surface area (Å²) in [5.74, 6) is 1.39. The normalized spacial score (nSPS) is 18.0. The number of ether oxygens (including phenoxy) is 1. The van der Waals surface area contributed by atoms with Gasteiger partial charge < -0.3 is 15.8 Å². The summed E-state index contributed by atoms with van der Waals surface area (Å²) in [6, 6.07) is 8.51. The minimum atomic E-state index is -0.0767. The highest BCUT2D eigenvalue weighted by Gasteiger charge is 2.24. The van der Waals surface area contributed by atoms with Crippen LogP contribution in [0, 0.1) is 0 Å². The molecule has 0 aliphatic carbocycles. The molecule has 1 aliphatic rings. The molecule has 3 N–H and O–H groups in total. The zero-order chi connectivity index (χ0) is 16.9. The molecule has 1 aromatic carbocycles. The lowest BCUT2D eigenvalue weighted by Gasteiger charge is -2.27. The number of rotatable bonds is 5. The largest absolute Gasteiger partial charge is 0.497 e. The van der Waals surface area contributed by atoms with Crippen molar-refractivity contribution < 1.29 is 4.74 Å². The number of nitrogens with one attached hydrogen (secondary N) is 1. The Morgan fingerprint density at radius 2 is 2.04 bits per heavy atom. The van der Waals surface area contributed by atoms with Gasteiger partial charge in [0.2, 0.25) is 0 Å². The highest BCUT2D eigenvalue weighted by Crippen LogP contribution is 2.27. The van der Waals surface area contributed by atoms with Crippen molar-refractivity contribution in [3.8, 4) is 5.75 Å². The van der Waals surface area contributed by atoms with Gasteiger partial charge in [-0.15, -0.1) is 0 Å². The summed E-state index contributed by atoms with van der Waals surface area (Å²) in [4.78, 5) is 7.08. The zero-order valence-corrected chi connectivity index (χ0v) is 14.8. The molecule has 1 atom stereocenters. The van der Waals surface area contributed by atoms with Crippen molar-refractivity contribution in [1.29, 1.82) is 0 Å². The molecule has 0 radical (unpaired) electrons. The van der Waals surface area contributed by atoms with Crippen LogP contribution in [0.25, 0.3) is 0 Å². The molecule has 0 saturated carbocycles. The summed E-state index contributed by atoms with van der Waals surface area (Å²) in [6.45, 7) is 9.12. The van der Waals surface area contributed by atoms with Crippen LogP contribution in [0.15, 0.2) is 29.3 Å². The summed E-state index contributed by atoms with van der Waals surface area (Å²) in [5.41, 5.74) is 7.19. The Bertz CT molecular complexity index is 530. The number of hydrogen-bond donors (Lipinski definition) is 2. The minimum absolute atomic E-state index is 0.0767. The van der Waals surface area contributed by atoms with Crippen LogP contribution in [-0.4, -0.2) is 43.1 Å². The first-order valence-corrected chi connectivity index (χ1v) is 8.35. The second kappa shape index (κ2) is 7.68. The van der Waals surface area contributed by atoms with E-state index in [2.05, 4.69) is 48.1 Å². The minimum Gasteiger partial charge on any atom is -0.497 e. The Morgan fingerprint density at radius 3 is 2.65 bits per heavy atom. The Morgan fingerprint density at radius 1 is 1.35 bits per heavy atom. The second-order valence-corrected chi connectivity index (χ2v) is 7.14. The van der Waals surface area contributed by atoms with Crippen molar-refractivity contribution >= 4 is 5.96 Å². The van der Waals surface area contributed by atoms with Crippen molar-refractivity contribution in [2.75, 3.05) is 26.7 Å². The molecule has 0 aromatic heterocycles. The SMILES string of the molecule is COc1cccc(C(CN=C(N)NC(C)(C)C)N2CCCC2)c1. The van der Waals surface area contributed by atoms with Crippen LogP contribution < -0.4 is 15.8 Å². The van der Waals surface area contributed by atoms with Crippen LogP contribution in [-0.2, 0) is 0 Å². The third kappa shape index (κ3) is 5.43. The van der Waals surface area contributed by atoms with E-state index in [1.54, 1.807) is 7.11 Å². The van der Waals surface area contributed by atoms with E-state index < -0.39 is 0 Å². The molecule has 128 valence electrons. The van der Waals surface area contributed by atoms with Gasteiger partial charge in [-0.1, -0.05) is 12.1 Å². The third-order valence-corrected chi connectivity index (χ3v) is 4.00. The van der Waals surface area contributed by atoms with E-state index in [1.807, 2.05) is 12.1 Å². The summed E-state index contributed by atoms with van der Waals surface area (Å²) in [6.07, 6.45) is 2.50. The Hall–Kier alpha value is -1.75. The average Bonchev–Trinajstić information content (AvgIpc) is 3.00. The number of guanidine groups is 1. The highest BCUT2D eigenvalue weighted by atomic mass is 16.5. The van der Waals surface area contributed by atoms with Gasteiger partial charge in [0.05, 0.1) is 19.7 Å². The van der Waals surface area contributed by atoms with Crippen LogP contribution >= 0.6 is 0 Å². The monoisotopic (exact) mass is 318 g/mol. The molecule has 23 heavy (non-hydrogen) atoms. The van der Waals surface area contributed by atoms with Gasteiger partial charge in [0.1, 0.15) is 5.75 Å². The maximum Gasteiger partial charge on any atom is 0.189 e. The maximum atomic E-state index is 6.04. The molecule has 1 unspecified atom stereocenters. The van der Waals surface area contributed by atoms with Crippen LogP contribution in [0.4, 0.5) is 0 Å². The molecule has 1 aromatic rings. The van der Waals surface area contributed by atoms with E-state index in [-0.39, 0.29) is 11.6 Å². The van der Waals surface area contributed by atoms with Gasteiger partial charge in [-0.2, -0.15) is 0 Å². The second-order valence-electron chi connectivity index (χ2n) is 7.14. The van der Waals surface area contributed by atoms with Gasteiger partial charge in [0.25, 0.3) is 0 Å². The molecule has 0 bridgehead atoms. The number of methoxy groups -OCH3 is 1. The molecule has 2 rings (SSSR count).